The Morgan fingerprint density at radius 2 is 1.96 bits per heavy atom. The Morgan fingerprint density at radius 3 is 2.52 bits per heavy atom. The molecule has 0 aliphatic rings. The molecule has 8 heteroatoms. The summed E-state index contributed by atoms with van der Waals surface area (Å²) >= 11 is 0. The van der Waals surface area contributed by atoms with Gasteiger partial charge in [-0.25, -0.2) is 18.4 Å². The summed E-state index contributed by atoms with van der Waals surface area (Å²) in [5.74, 6) is -0.932. The van der Waals surface area contributed by atoms with Gasteiger partial charge >= 0.3 is 5.97 Å². The molecule has 7 nitrogen and oxygen atoms in total. The van der Waals surface area contributed by atoms with E-state index in [0.717, 1.165) is 6.07 Å². The number of anilines is 1. The molecule has 25 heavy (non-hydrogen) atoms. The molecular weight excluding hydrogens is 344 g/mol. The van der Waals surface area contributed by atoms with Crippen LogP contribution < -0.4 is 15.2 Å². The lowest BCUT2D eigenvalue weighted by atomic mass is 10.2. The second kappa shape index (κ2) is 7.82. The van der Waals surface area contributed by atoms with Gasteiger partial charge in [0, 0.05) is 6.54 Å². The molecule has 0 aromatic heterocycles. The molecule has 4 N–H and O–H groups in total. The number of ether oxygens (including phenoxy) is 1. The minimum absolute atomic E-state index is 0.0526. The van der Waals surface area contributed by atoms with E-state index in [1.54, 1.807) is 42.5 Å². The van der Waals surface area contributed by atoms with Gasteiger partial charge in [0.1, 0.15) is 10.6 Å². The molecule has 2 rings (SSSR count). The van der Waals surface area contributed by atoms with Gasteiger partial charge in [0.2, 0.25) is 10.0 Å². The molecule has 0 aliphatic carbocycles. The highest BCUT2D eigenvalue weighted by Gasteiger charge is 2.23. The second-order valence-electron chi connectivity index (χ2n) is 5.07. The number of carboxylic acids is 1. The van der Waals surface area contributed by atoms with Crippen LogP contribution in [0.5, 0.6) is 11.5 Å². The molecule has 0 heterocycles. The van der Waals surface area contributed by atoms with Crippen molar-refractivity contribution in [1.82, 2.24) is 0 Å². The first-order valence-electron chi connectivity index (χ1n) is 7.35. The predicted molar refractivity (Wildman–Crippen MR) is 94.6 cm³/mol. The predicted octanol–water partition coefficient (Wildman–Crippen LogP) is 2.81. The number of carbonyl (C=O) groups is 1. The van der Waals surface area contributed by atoms with Crippen molar-refractivity contribution >= 4 is 21.7 Å². The molecule has 132 valence electrons. The van der Waals surface area contributed by atoms with Crippen LogP contribution in [0.25, 0.3) is 0 Å². The molecule has 2 aromatic rings. The average molecular weight is 362 g/mol. The van der Waals surface area contributed by atoms with E-state index < -0.39 is 20.9 Å². The third kappa shape index (κ3) is 4.82. The number of hydrogen-bond donors (Lipinski definition) is 3. The van der Waals surface area contributed by atoms with Crippen LogP contribution in [0.15, 0.2) is 59.5 Å². The van der Waals surface area contributed by atoms with E-state index in [1.165, 1.54) is 6.07 Å². The van der Waals surface area contributed by atoms with Gasteiger partial charge in [-0.3, -0.25) is 0 Å². The zero-order valence-corrected chi connectivity index (χ0v) is 14.3. The summed E-state index contributed by atoms with van der Waals surface area (Å²) in [6.07, 6.45) is 3.59. The third-order valence-corrected chi connectivity index (χ3v) is 4.13. The standard InChI is InChI=1S/C17H18N2O5S/c1-2-3-9-19-14-10-12(17(20)21)11-15(25(18,22)23)16(14)24-13-7-5-4-6-8-13/h2-8,10-11,19H,9H2,1H3,(H,20,21)(H2,18,22,23). The minimum atomic E-state index is -4.21. The van der Waals surface area contributed by atoms with Gasteiger partial charge in [-0.05, 0) is 31.2 Å². The van der Waals surface area contributed by atoms with Crippen molar-refractivity contribution in [2.24, 2.45) is 5.14 Å². The Kier molecular flexibility index (Phi) is 5.79. The largest absolute Gasteiger partial charge is 0.478 e. The Balaban J connectivity index is 2.63. The van der Waals surface area contributed by atoms with Gasteiger partial charge in [0.15, 0.2) is 5.75 Å². The Morgan fingerprint density at radius 1 is 1.28 bits per heavy atom. The molecule has 0 saturated heterocycles. The highest BCUT2D eigenvalue weighted by Crippen LogP contribution is 2.37. The van der Waals surface area contributed by atoms with Gasteiger partial charge in [-0.2, -0.15) is 0 Å². The summed E-state index contributed by atoms with van der Waals surface area (Å²) < 4.78 is 29.6. The molecule has 0 saturated carbocycles. The normalized spacial score (nSPS) is 11.4. The molecule has 0 unspecified atom stereocenters. The third-order valence-electron chi connectivity index (χ3n) is 3.22. The topological polar surface area (TPSA) is 119 Å². The Labute approximate surface area is 145 Å². The number of primary sulfonamides is 1. The van der Waals surface area contributed by atoms with Crippen molar-refractivity contribution in [3.05, 3.63) is 60.2 Å². The first-order valence-corrected chi connectivity index (χ1v) is 8.89. The van der Waals surface area contributed by atoms with E-state index in [2.05, 4.69) is 5.32 Å². The van der Waals surface area contributed by atoms with Crippen molar-refractivity contribution in [3.8, 4) is 11.5 Å². The summed E-state index contributed by atoms with van der Waals surface area (Å²) in [5.41, 5.74) is -0.00158. The van der Waals surface area contributed by atoms with E-state index in [1.807, 2.05) is 6.92 Å². The average Bonchev–Trinajstić information content (AvgIpc) is 2.56. The number of carboxylic acid groups (broad SMARTS) is 1. The Bertz CT molecular complexity index is 893. The van der Waals surface area contributed by atoms with Crippen molar-refractivity contribution in [2.75, 3.05) is 11.9 Å². The van der Waals surface area contributed by atoms with Gasteiger partial charge in [-0.15, -0.1) is 0 Å². The number of aromatic carboxylic acids is 1. The lowest BCUT2D eigenvalue weighted by molar-refractivity contribution is 0.0696. The molecule has 0 radical (unpaired) electrons. The van der Waals surface area contributed by atoms with Crippen LogP contribution >= 0.6 is 0 Å². The zero-order chi connectivity index (χ0) is 18.4. The lowest BCUT2D eigenvalue weighted by Crippen LogP contribution is -2.16. The summed E-state index contributed by atoms with van der Waals surface area (Å²) in [5, 5.41) is 17.4. The fourth-order valence-corrected chi connectivity index (χ4v) is 2.77. The van der Waals surface area contributed by atoms with Crippen molar-refractivity contribution in [2.45, 2.75) is 11.8 Å². The van der Waals surface area contributed by atoms with Gasteiger partial charge < -0.3 is 15.2 Å². The van der Waals surface area contributed by atoms with E-state index in [9.17, 15) is 18.3 Å². The highest BCUT2D eigenvalue weighted by atomic mass is 32.2. The maximum absolute atomic E-state index is 12.0. The zero-order valence-electron chi connectivity index (χ0n) is 13.5. The van der Waals surface area contributed by atoms with Crippen LogP contribution in [0.3, 0.4) is 0 Å². The van der Waals surface area contributed by atoms with E-state index >= 15 is 0 Å². The number of rotatable bonds is 7. The maximum atomic E-state index is 12.0. The smallest absolute Gasteiger partial charge is 0.335 e. The molecule has 0 bridgehead atoms. The van der Waals surface area contributed by atoms with Crippen LogP contribution in [0.4, 0.5) is 5.69 Å². The number of hydrogen-bond acceptors (Lipinski definition) is 5. The fraction of sp³-hybridized carbons (Fsp3) is 0.118. The molecule has 0 fully saturated rings. The summed E-state index contributed by atoms with van der Waals surface area (Å²) in [4.78, 5) is 10.9. The van der Waals surface area contributed by atoms with Crippen LogP contribution in [-0.2, 0) is 10.0 Å². The molecule has 0 atom stereocenters. The molecule has 0 aliphatic heterocycles. The SMILES string of the molecule is CC=CCNc1cc(C(=O)O)cc(S(N)(=O)=O)c1Oc1ccccc1. The monoisotopic (exact) mass is 362 g/mol. The van der Waals surface area contributed by atoms with Gasteiger partial charge in [0.25, 0.3) is 0 Å². The fourth-order valence-electron chi connectivity index (χ4n) is 2.07. The second-order valence-corrected chi connectivity index (χ2v) is 6.60. The summed E-state index contributed by atoms with van der Waals surface area (Å²) in [6.45, 7) is 2.18. The van der Waals surface area contributed by atoms with Gasteiger partial charge in [-0.1, -0.05) is 30.4 Å². The number of allylic oxidation sites excluding steroid dienone is 1. The van der Waals surface area contributed by atoms with Crippen molar-refractivity contribution in [1.29, 1.82) is 0 Å². The van der Waals surface area contributed by atoms with Gasteiger partial charge in [0.05, 0.1) is 11.3 Å². The number of benzene rings is 2. The summed E-state index contributed by atoms with van der Waals surface area (Å²) in [7, 11) is -4.21. The van der Waals surface area contributed by atoms with Crippen molar-refractivity contribution in [3.63, 3.8) is 0 Å². The number of sulfonamides is 1. The number of nitrogens with one attached hydrogen (secondary N) is 1. The van der Waals surface area contributed by atoms with E-state index in [-0.39, 0.29) is 17.0 Å². The van der Waals surface area contributed by atoms with E-state index in [4.69, 9.17) is 9.88 Å². The molecule has 0 amide bonds. The number of para-hydroxylation sites is 1. The molecular formula is C17H18N2O5S. The van der Waals surface area contributed by atoms with Crippen molar-refractivity contribution < 1.29 is 23.1 Å². The highest BCUT2D eigenvalue weighted by molar-refractivity contribution is 7.89. The van der Waals surface area contributed by atoms with Crippen LogP contribution in [-0.4, -0.2) is 26.0 Å². The quantitative estimate of drug-likeness (QED) is 0.652. The number of nitrogens with two attached hydrogens (primary N) is 1. The van der Waals surface area contributed by atoms with E-state index in [0.29, 0.717) is 12.3 Å². The van der Waals surface area contributed by atoms with Crippen LogP contribution in [0, 0.1) is 0 Å². The molecule has 0 spiro atoms. The first kappa shape index (κ1) is 18.5. The first-order chi connectivity index (χ1) is 11.8. The maximum Gasteiger partial charge on any atom is 0.335 e. The Hall–Kier alpha value is -2.84. The van der Waals surface area contributed by atoms with Crippen LogP contribution in [0.2, 0.25) is 0 Å². The van der Waals surface area contributed by atoms with Crippen LogP contribution in [0.1, 0.15) is 17.3 Å². The lowest BCUT2D eigenvalue weighted by Gasteiger charge is -2.16. The molecule has 2 aromatic carbocycles. The summed E-state index contributed by atoms with van der Waals surface area (Å²) in [6, 6.07) is 10.8. The minimum Gasteiger partial charge on any atom is -0.478 e.